The molecule has 0 aliphatic carbocycles. The summed E-state index contributed by atoms with van der Waals surface area (Å²) in [6, 6.07) is 4.38. The Balaban J connectivity index is 2.33. The van der Waals surface area contributed by atoms with Gasteiger partial charge in [0.05, 0.1) is 6.54 Å². The monoisotopic (exact) mass is 337 g/mol. The van der Waals surface area contributed by atoms with Crippen LogP contribution in [0.2, 0.25) is 0 Å². The molecule has 0 atom stereocenters. The summed E-state index contributed by atoms with van der Waals surface area (Å²) >= 11 is 0. The van der Waals surface area contributed by atoms with Crippen molar-refractivity contribution in [1.82, 2.24) is 15.5 Å². The van der Waals surface area contributed by atoms with Crippen LogP contribution in [0.1, 0.15) is 50.4 Å². The Morgan fingerprint density at radius 2 is 1.92 bits per heavy atom. The maximum Gasteiger partial charge on any atom is 0.284 e. The fraction of sp³-hybridized carbons (Fsp3) is 0.647. The molecule has 0 aliphatic rings. The molecular formula is C17H31N5O2. The third-order valence-electron chi connectivity index (χ3n) is 3.77. The second kappa shape index (κ2) is 9.97. The molecule has 0 aliphatic heterocycles. The summed E-state index contributed by atoms with van der Waals surface area (Å²) in [5.74, 6) is 0.936. The molecule has 136 valence electrons. The summed E-state index contributed by atoms with van der Waals surface area (Å²) < 4.78 is 5.32. The number of furan rings is 1. The lowest BCUT2D eigenvalue weighted by Crippen LogP contribution is -2.41. The Kier molecular flexibility index (Phi) is 8.32. The van der Waals surface area contributed by atoms with E-state index in [-0.39, 0.29) is 5.76 Å². The van der Waals surface area contributed by atoms with Gasteiger partial charge in [-0.25, -0.2) is 0 Å². The first-order valence-electron chi connectivity index (χ1n) is 8.44. The third-order valence-corrected chi connectivity index (χ3v) is 3.77. The van der Waals surface area contributed by atoms with E-state index in [0.29, 0.717) is 30.3 Å². The number of rotatable bonds is 9. The highest BCUT2D eigenvalue weighted by molar-refractivity contribution is 5.89. The summed E-state index contributed by atoms with van der Waals surface area (Å²) in [5, 5.41) is 6.43. The molecule has 4 N–H and O–H groups in total. The van der Waals surface area contributed by atoms with Crippen LogP contribution in [0.3, 0.4) is 0 Å². The molecule has 1 amide bonds. The number of nitrogens with zero attached hydrogens (tertiary/aromatic N) is 2. The molecule has 0 radical (unpaired) electrons. The minimum Gasteiger partial charge on any atom is -0.454 e. The van der Waals surface area contributed by atoms with Gasteiger partial charge < -0.3 is 20.8 Å². The van der Waals surface area contributed by atoms with Crippen molar-refractivity contribution in [2.75, 3.05) is 20.1 Å². The molecule has 0 unspecified atom stereocenters. The molecule has 7 nitrogen and oxygen atoms in total. The molecule has 1 rings (SSSR count). The van der Waals surface area contributed by atoms with E-state index in [4.69, 9.17) is 10.2 Å². The van der Waals surface area contributed by atoms with Gasteiger partial charge in [-0.05, 0) is 46.2 Å². The van der Waals surface area contributed by atoms with E-state index < -0.39 is 5.91 Å². The second-order valence-corrected chi connectivity index (χ2v) is 6.26. The largest absolute Gasteiger partial charge is 0.454 e. The fourth-order valence-corrected chi connectivity index (χ4v) is 2.58. The summed E-state index contributed by atoms with van der Waals surface area (Å²) in [6.07, 6.45) is 1.03. The molecule has 1 heterocycles. The molecule has 0 aromatic carbocycles. The van der Waals surface area contributed by atoms with E-state index in [0.717, 1.165) is 19.5 Å². The average molecular weight is 337 g/mol. The maximum atomic E-state index is 11.0. The zero-order valence-corrected chi connectivity index (χ0v) is 15.4. The summed E-state index contributed by atoms with van der Waals surface area (Å²) in [5.41, 5.74) is 5.16. The van der Waals surface area contributed by atoms with Crippen LogP contribution < -0.4 is 16.4 Å². The van der Waals surface area contributed by atoms with Crippen molar-refractivity contribution in [3.63, 3.8) is 0 Å². The summed E-state index contributed by atoms with van der Waals surface area (Å²) in [4.78, 5) is 17.6. The molecule has 1 aromatic heterocycles. The van der Waals surface area contributed by atoms with Gasteiger partial charge in [0.15, 0.2) is 11.7 Å². The topological polar surface area (TPSA) is 95.9 Å². The second-order valence-electron chi connectivity index (χ2n) is 6.26. The number of hydrogen-bond acceptors (Lipinski definition) is 4. The van der Waals surface area contributed by atoms with Crippen molar-refractivity contribution >= 4 is 11.9 Å². The molecule has 0 saturated heterocycles. The lowest BCUT2D eigenvalue weighted by Gasteiger charge is -2.30. The first-order valence-corrected chi connectivity index (χ1v) is 8.44. The number of aliphatic imine (C=N–C) groups is 1. The third kappa shape index (κ3) is 6.62. The van der Waals surface area contributed by atoms with Crippen LogP contribution >= 0.6 is 0 Å². The highest BCUT2D eigenvalue weighted by atomic mass is 16.3. The molecule has 7 heteroatoms. The van der Waals surface area contributed by atoms with Gasteiger partial charge in [-0.15, -0.1) is 0 Å². The quantitative estimate of drug-likeness (QED) is 0.361. The van der Waals surface area contributed by atoms with Crippen molar-refractivity contribution in [3.8, 4) is 0 Å². The van der Waals surface area contributed by atoms with E-state index in [1.165, 1.54) is 0 Å². The first kappa shape index (κ1) is 20.0. The summed E-state index contributed by atoms with van der Waals surface area (Å²) in [7, 11) is 1.72. The fourth-order valence-electron chi connectivity index (χ4n) is 2.58. The van der Waals surface area contributed by atoms with E-state index in [2.05, 4.69) is 48.2 Å². The smallest absolute Gasteiger partial charge is 0.284 e. The van der Waals surface area contributed by atoms with Crippen LogP contribution in [0.15, 0.2) is 21.5 Å². The molecule has 0 saturated carbocycles. The number of primary amides is 1. The molecule has 1 aromatic rings. The minimum absolute atomic E-state index is 0.164. The number of amides is 1. The predicted octanol–water partition coefficient (Wildman–Crippen LogP) is 1.55. The van der Waals surface area contributed by atoms with Gasteiger partial charge in [0.1, 0.15) is 5.76 Å². The normalized spacial score (nSPS) is 12.2. The number of guanidine groups is 1. The molecular weight excluding hydrogens is 306 g/mol. The van der Waals surface area contributed by atoms with Gasteiger partial charge in [0, 0.05) is 32.2 Å². The van der Waals surface area contributed by atoms with Gasteiger partial charge in [0.25, 0.3) is 5.91 Å². The van der Waals surface area contributed by atoms with Crippen LogP contribution in [-0.4, -0.2) is 49.0 Å². The number of nitrogens with one attached hydrogen (secondary N) is 2. The van der Waals surface area contributed by atoms with Crippen molar-refractivity contribution in [3.05, 3.63) is 23.7 Å². The Labute approximate surface area is 144 Å². The average Bonchev–Trinajstić information content (AvgIpc) is 2.98. The van der Waals surface area contributed by atoms with Crippen LogP contribution in [0.5, 0.6) is 0 Å². The number of hydrogen-bond donors (Lipinski definition) is 3. The Morgan fingerprint density at radius 1 is 1.25 bits per heavy atom. The van der Waals surface area contributed by atoms with Gasteiger partial charge in [-0.1, -0.05) is 0 Å². The van der Waals surface area contributed by atoms with E-state index in [1.807, 2.05) is 0 Å². The standard InChI is InChI=1S/C17H31N5O2/c1-12(2)22(13(3)4)10-6-9-20-17(19-5)21-11-14-7-8-15(24-14)16(18)23/h7-8,12-13H,6,9-11H2,1-5H3,(H2,18,23)(H2,19,20,21). The number of nitrogens with two attached hydrogens (primary N) is 1. The highest BCUT2D eigenvalue weighted by Gasteiger charge is 2.12. The maximum absolute atomic E-state index is 11.0. The highest BCUT2D eigenvalue weighted by Crippen LogP contribution is 2.07. The zero-order chi connectivity index (χ0) is 18.1. The molecule has 0 fully saturated rings. The molecule has 0 spiro atoms. The van der Waals surface area contributed by atoms with Crippen molar-refractivity contribution < 1.29 is 9.21 Å². The van der Waals surface area contributed by atoms with Crippen molar-refractivity contribution in [2.45, 2.75) is 52.7 Å². The lowest BCUT2D eigenvalue weighted by atomic mass is 10.2. The van der Waals surface area contributed by atoms with Crippen molar-refractivity contribution in [2.24, 2.45) is 10.7 Å². The van der Waals surface area contributed by atoms with Gasteiger partial charge in [-0.3, -0.25) is 14.7 Å². The Morgan fingerprint density at radius 3 is 2.42 bits per heavy atom. The van der Waals surface area contributed by atoms with E-state index >= 15 is 0 Å². The van der Waals surface area contributed by atoms with Gasteiger partial charge >= 0.3 is 0 Å². The first-order chi connectivity index (χ1) is 11.3. The van der Waals surface area contributed by atoms with E-state index in [1.54, 1.807) is 19.2 Å². The Bertz CT molecular complexity index is 529. The van der Waals surface area contributed by atoms with Gasteiger partial charge in [-0.2, -0.15) is 0 Å². The summed E-state index contributed by atoms with van der Waals surface area (Å²) in [6.45, 7) is 11.2. The molecule has 0 bridgehead atoms. The lowest BCUT2D eigenvalue weighted by molar-refractivity contribution is 0.0972. The molecule has 24 heavy (non-hydrogen) atoms. The van der Waals surface area contributed by atoms with Crippen LogP contribution in [0.4, 0.5) is 0 Å². The van der Waals surface area contributed by atoms with Crippen LogP contribution in [0, 0.1) is 0 Å². The zero-order valence-electron chi connectivity index (χ0n) is 15.4. The van der Waals surface area contributed by atoms with E-state index in [9.17, 15) is 4.79 Å². The van der Waals surface area contributed by atoms with Gasteiger partial charge in [0.2, 0.25) is 0 Å². The number of carbonyl (C=O) groups excluding carboxylic acids is 1. The minimum atomic E-state index is -0.566. The Hall–Kier alpha value is -2.02. The van der Waals surface area contributed by atoms with Crippen LogP contribution in [-0.2, 0) is 6.54 Å². The van der Waals surface area contributed by atoms with Crippen molar-refractivity contribution in [1.29, 1.82) is 0 Å². The SMILES string of the molecule is CN=C(NCCCN(C(C)C)C(C)C)NCc1ccc(C(N)=O)o1. The van der Waals surface area contributed by atoms with Crippen LogP contribution in [0.25, 0.3) is 0 Å². The predicted molar refractivity (Wildman–Crippen MR) is 97.0 cm³/mol. The number of carbonyl (C=O) groups is 1.